The first kappa shape index (κ1) is 15.0. The molecule has 0 atom stereocenters. The number of urea groups is 1. The molecule has 104 valence electrons. The van der Waals surface area contributed by atoms with Crippen LogP contribution >= 0.6 is 11.6 Å². The number of halogens is 1. The lowest BCUT2D eigenvalue weighted by Crippen LogP contribution is -2.44. The van der Waals surface area contributed by atoms with Crippen molar-refractivity contribution in [3.63, 3.8) is 0 Å². The highest BCUT2D eigenvalue weighted by Gasteiger charge is 2.13. The molecule has 0 aliphatic carbocycles. The normalized spacial score (nSPS) is 10.1. The van der Waals surface area contributed by atoms with Gasteiger partial charge < -0.3 is 15.0 Å². The molecule has 0 fully saturated rings. The molecule has 3 amide bonds. The van der Waals surface area contributed by atoms with Crippen LogP contribution in [0.25, 0.3) is 0 Å². The lowest BCUT2D eigenvalue weighted by Gasteiger charge is -2.09. The third kappa shape index (κ3) is 5.43. The predicted molar refractivity (Wildman–Crippen MR) is 67.9 cm³/mol. The molecule has 0 saturated carbocycles. The highest BCUT2D eigenvalue weighted by molar-refractivity contribution is 6.30. The highest BCUT2D eigenvalue weighted by Crippen LogP contribution is 2.10. The average molecular weight is 288 g/mol. The number of hydrogen-bond donors (Lipinski definition) is 3. The molecule has 0 unspecified atom stereocenters. The van der Waals surface area contributed by atoms with Gasteiger partial charge in [-0.15, -0.1) is 0 Å². The molecule has 0 aliphatic heterocycles. The molecule has 19 heavy (non-hydrogen) atoms. The van der Waals surface area contributed by atoms with Crippen molar-refractivity contribution in [2.75, 3.05) is 6.61 Å². The lowest BCUT2D eigenvalue weighted by molar-refractivity contribution is -0.123. The summed E-state index contributed by atoms with van der Waals surface area (Å²) in [7, 11) is 0. The lowest BCUT2D eigenvalue weighted by atomic mass is 10.4. The second kappa shape index (κ2) is 6.79. The molecule has 0 bridgehead atoms. The Hall–Kier alpha value is -2.02. The number of imide groups is 1. The number of carbonyl (C=O) groups excluding carboxylic acids is 3. The molecular formula is C11H14ClN3O4. The number of esters is 1. The minimum Gasteiger partial charge on any atom is -0.451 e. The van der Waals surface area contributed by atoms with E-state index >= 15 is 0 Å². The van der Waals surface area contributed by atoms with E-state index < -0.39 is 24.5 Å². The van der Waals surface area contributed by atoms with Crippen molar-refractivity contribution in [3.8, 4) is 0 Å². The number of nitrogens with one attached hydrogen (secondary N) is 3. The summed E-state index contributed by atoms with van der Waals surface area (Å²) in [6, 6.07) is 0.628. The monoisotopic (exact) mass is 287 g/mol. The molecule has 0 spiro atoms. The van der Waals surface area contributed by atoms with E-state index in [1.807, 2.05) is 5.32 Å². The van der Waals surface area contributed by atoms with Gasteiger partial charge >= 0.3 is 12.0 Å². The Morgan fingerprint density at radius 1 is 1.42 bits per heavy atom. The van der Waals surface area contributed by atoms with Crippen LogP contribution < -0.4 is 10.6 Å². The Balaban J connectivity index is 2.34. The van der Waals surface area contributed by atoms with E-state index in [-0.39, 0.29) is 11.7 Å². The van der Waals surface area contributed by atoms with Gasteiger partial charge in [0.15, 0.2) is 6.61 Å². The molecule has 0 aliphatic rings. The van der Waals surface area contributed by atoms with Crippen molar-refractivity contribution in [2.24, 2.45) is 0 Å². The van der Waals surface area contributed by atoms with Crippen LogP contribution in [0.3, 0.4) is 0 Å². The summed E-state index contributed by atoms with van der Waals surface area (Å²) in [6.45, 7) is 2.94. The highest BCUT2D eigenvalue weighted by atomic mass is 35.5. The summed E-state index contributed by atoms with van der Waals surface area (Å²) in [5.74, 6) is -1.45. The number of carbonyl (C=O) groups is 3. The number of H-pyrrole nitrogens is 1. The van der Waals surface area contributed by atoms with Crippen LogP contribution in [0.2, 0.25) is 5.02 Å². The maximum Gasteiger partial charge on any atom is 0.355 e. The van der Waals surface area contributed by atoms with Gasteiger partial charge in [0.25, 0.3) is 5.91 Å². The molecule has 0 radical (unpaired) electrons. The molecule has 1 heterocycles. The van der Waals surface area contributed by atoms with Crippen molar-refractivity contribution in [1.29, 1.82) is 0 Å². The van der Waals surface area contributed by atoms with E-state index in [9.17, 15) is 14.4 Å². The van der Waals surface area contributed by atoms with E-state index in [4.69, 9.17) is 11.6 Å². The Labute approximate surface area is 114 Å². The zero-order valence-corrected chi connectivity index (χ0v) is 11.2. The minimum absolute atomic E-state index is 0.101. The number of aromatic nitrogens is 1. The quantitative estimate of drug-likeness (QED) is 0.721. The second-order valence-electron chi connectivity index (χ2n) is 3.98. The van der Waals surface area contributed by atoms with Crippen LogP contribution in [-0.4, -0.2) is 35.5 Å². The number of hydrogen-bond acceptors (Lipinski definition) is 4. The van der Waals surface area contributed by atoms with Crippen LogP contribution in [0, 0.1) is 0 Å². The molecule has 7 nitrogen and oxygen atoms in total. The van der Waals surface area contributed by atoms with E-state index in [0.29, 0.717) is 5.02 Å². The zero-order valence-electron chi connectivity index (χ0n) is 10.5. The number of rotatable bonds is 4. The molecule has 0 aromatic carbocycles. The topological polar surface area (TPSA) is 100 Å². The Morgan fingerprint density at radius 2 is 2.11 bits per heavy atom. The first-order chi connectivity index (χ1) is 8.88. The summed E-state index contributed by atoms with van der Waals surface area (Å²) >= 11 is 5.61. The average Bonchev–Trinajstić information content (AvgIpc) is 2.71. The van der Waals surface area contributed by atoms with Gasteiger partial charge in [0, 0.05) is 12.2 Å². The van der Waals surface area contributed by atoms with E-state index in [0.717, 1.165) is 0 Å². The first-order valence-electron chi connectivity index (χ1n) is 5.50. The van der Waals surface area contributed by atoms with Crippen LogP contribution in [0.15, 0.2) is 12.3 Å². The molecule has 0 saturated heterocycles. The Kier molecular flexibility index (Phi) is 5.37. The maximum absolute atomic E-state index is 11.4. The first-order valence-corrected chi connectivity index (χ1v) is 5.87. The van der Waals surface area contributed by atoms with Crippen molar-refractivity contribution < 1.29 is 19.1 Å². The molecular weight excluding hydrogens is 274 g/mol. The standard InChI is InChI=1S/C11H14ClN3O4/c1-6(2)14-11(18)15-9(16)5-19-10(17)8-3-7(12)4-13-8/h3-4,6,13H,5H2,1-2H3,(H2,14,15,16,18). The predicted octanol–water partition coefficient (Wildman–Crippen LogP) is 1.06. The fourth-order valence-corrected chi connectivity index (χ4v) is 1.32. The van der Waals surface area contributed by atoms with Gasteiger partial charge in [-0.3, -0.25) is 10.1 Å². The summed E-state index contributed by atoms with van der Waals surface area (Å²) in [4.78, 5) is 36.5. The third-order valence-corrected chi connectivity index (χ3v) is 2.09. The van der Waals surface area contributed by atoms with Crippen molar-refractivity contribution in [3.05, 3.63) is 23.0 Å². The summed E-state index contributed by atoms with van der Waals surface area (Å²) in [5, 5.41) is 4.84. The van der Waals surface area contributed by atoms with Gasteiger partial charge in [0.1, 0.15) is 5.69 Å². The molecule has 1 aromatic heterocycles. The summed E-state index contributed by atoms with van der Waals surface area (Å²) in [5.41, 5.74) is 0.129. The Morgan fingerprint density at radius 3 is 2.63 bits per heavy atom. The summed E-state index contributed by atoms with van der Waals surface area (Å²) < 4.78 is 4.69. The Bertz CT molecular complexity index is 484. The number of aromatic amines is 1. The third-order valence-electron chi connectivity index (χ3n) is 1.87. The van der Waals surface area contributed by atoms with Crippen LogP contribution in [0.5, 0.6) is 0 Å². The summed E-state index contributed by atoms with van der Waals surface area (Å²) in [6.07, 6.45) is 1.41. The van der Waals surface area contributed by atoms with Gasteiger partial charge in [0.05, 0.1) is 5.02 Å². The van der Waals surface area contributed by atoms with Crippen LogP contribution in [0.4, 0.5) is 4.79 Å². The molecule has 1 rings (SSSR count). The molecule has 8 heteroatoms. The number of ether oxygens (including phenoxy) is 1. The van der Waals surface area contributed by atoms with Crippen molar-refractivity contribution in [1.82, 2.24) is 15.6 Å². The van der Waals surface area contributed by atoms with Crippen molar-refractivity contribution >= 4 is 29.5 Å². The van der Waals surface area contributed by atoms with Crippen LogP contribution in [-0.2, 0) is 9.53 Å². The maximum atomic E-state index is 11.4. The zero-order chi connectivity index (χ0) is 14.4. The number of amides is 3. The largest absolute Gasteiger partial charge is 0.451 e. The molecule has 3 N–H and O–H groups in total. The minimum atomic E-state index is -0.730. The van der Waals surface area contributed by atoms with E-state index in [1.54, 1.807) is 13.8 Å². The second-order valence-corrected chi connectivity index (χ2v) is 4.42. The van der Waals surface area contributed by atoms with Gasteiger partial charge in [-0.1, -0.05) is 11.6 Å². The van der Waals surface area contributed by atoms with Crippen molar-refractivity contribution in [2.45, 2.75) is 19.9 Å². The smallest absolute Gasteiger partial charge is 0.355 e. The fraction of sp³-hybridized carbons (Fsp3) is 0.364. The van der Waals surface area contributed by atoms with Gasteiger partial charge in [-0.25, -0.2) is 9.59 Å². The van der Waals surface area contributed by atoms with Crippen LogP contribution in [0.1, 0.15) is 24.3 Å². The van der Waals surface area contributed by atoms with E-state index in [2.05, 4.69) is 15.0 Å². The van der Waals surface area contributed by atoms with Gasteiger partial charge in [-0.2, -0.15) is 0 Å². The van der Waals surface area contributed by atoms with E-state index in [1.165, 1.54) is 12.3 Å². The molecule has 1 aromatic rings. The van der Waals surface area contributed by atoms with Gasteiger partial charge in [-0.05, 0) is 19.9 Å². The fourth-order valence-electron chi connectivity index (χ4n) is 1.16. The van der Waals surface area contributed by atoms with Gasteiger partial charge in [0.2, 0.25) is 0 Å². The SMILES string of the molecule is CC(C)NC(=O)NC(=O)COC(=O)c1cc(Cl)c[nH]1.